The highest BCUT2D eigenvalue weighted by atomic mass is 16.8. The molecule has 0 aliphatic carbocycles. The van der Waals surface area contributed by atoms with Crippen LogP contribution in [0.2, 0.25) is 0 Å². The third-order valence-electron chi connectivity index (χ3n) is 3.66. The van der Waals surface area contributed by atoms with E-state index < -0.39 is 0 Å². The molecular weight excluding hydrogens is 216 g/mol. The topological polar surface area (TPSA) is 27.7 Å². The van der Waals surface area contributed by atoms with Gasteiger partial charge in [0.15, 0.2) is 11.6 Å². The molecule has 0 radical (unpaired) electrons. The van der Waals surface area contributed by atoms with Crippen molar-refractivity contribution in [3.05, 3.63) is 0 Å². The van der Waals surface area contributed by atoms with Gasteiger partial charge in [0.1, 0.15) is 0 Å². The summed E-state index contributed by atoms with van der Waals surface area (Å²) in [5, 5.41) is 0. The van der Waals surface area contributed by atoms with Crippen molar-refractivity contribution >= 4 is 0 Å². The molecule has 4 unspecified atom stereocenters. The third kappa shape index (κ3) is 2.67. The maximum absolute atomic E-state index is 6.27. The molecule has 2 saturated heterocycles. The molecule has 0 N–H and O–H groups in total. The van der Waals surface area contributed by atoms with Crippen LogP contribution in [0.3, 0.4) is 0 Å². The molecule has 2 fully saturated rings. The normalized spacial score (nSPS) is 45.2. The van der Waals surface area contributed by atoms with Crippen LogP contribution in [0.5, 0.6) is 0 Å². The molecule has 0 aromatic carbocycles. The Balaban J connectivity index is 1.96. The van der Waals surface area contributed by atoms with Gasteiger partial charge >= 0.3 is 0 Å². The largest absolute Gasteiger partial charge is 0.347 e. The predicted octanol–water partition coefficient (Wildman–Crippen LogP) is 3.61. The Kier molecular flexibility index (Phi) is 3.81. The fraction of sp³-hybridized carbons (Fsp3) is 1.00. The SMILES string of the molecule is CCCC1(OC2(CCC)CC(C)O2)CC(C)O1. The molecular formula is C14H26O3. The quantitative estimate of drug-likeness (QED) is 0.712. The fourth-order valence-corrected chi connectivity index (χ4v) is 3.25. The summed E-state index contributed by atoms with van der Waals surface area (Å²) < 4.78 is 18.0. The summed E-state index contributed by atoms with van der Waals surface area (Å²) in [7, 11) is 0. The minimum absolute atomic E-state index is 0.331. The summed E-state index contributed by atoms with van der Waals surface area (Å²) in [6, 6.07) is 0. The number of hydrogen-bond acceptors (Lipinski definition) is 3. The lowest BCUT2D eigenvalue weighted by atomic mass is 9.93. The van der Waals surface area contributed by atoms with Crippen molar-refractivity contribution < 1.29 is 14.2 Å². The summed E-state index contributed by atoms with van der Waals surface area (Å²) in [5.74, 6) is -0.715. The van der Waals surface area contributed by atoms with Gasteiger partial charge in [0.05, 0.1) is 12.2 Å². The predicted molar refractivity (Wildman–Crippen MR) is 66.7 cm³/mol. The van der Waals surface area contributed by atoms with Crippen molar-refractivity contribution in [2.75, 3.05) is 0 Å². The first kappa shape index (κ1) is 13.3. The molecule has 0 bridgehead atoms. The zero-order chi connectivity index (χ0) is 12.5. The van der Waals surface area contributed by atoms with Crippen molar-refractivity contribution in [2.24, 2.45) is 0 Å². The van der Waals surface area contributed by atoms with E-state index in [1.807, 2.05) is 0 Å². The molecule has 2 aliphatic heterocycles. The van der Waals surface area contributed by atoms with Crippen LogP contribution >= 0.6 is 0 Å². The van der Waals surface area contributed by atoms with Crippen LogP contribution in [0.1, 0.15) is 66.2 Å². The van der Waals surface area contributed by atoms with Gasteiger partial charge in [-0.25, -0.2) is 0 Å². The Morgan fingerprint density at radius 1 is 0.941 bits per heavy atom. The Labute approximate surface area is 105 Å². The van der Waals surface area contributed by atoms with Crippen LogP contribution in [-0.4, -0.2) is 23.8 Å². The minimum Gasteiger partial charge on any atom is -0.347 e. The fourth-order valence-electron chi connectivity index (χ4n) is 3.25. The van der Waals surface area contributed by atoms with E-state index >= 15 is 0 Å². The van der Waals surface area contributed by atoms with Gasteiger partial charge in [0.25, 0.3) is 0 Å². The standard InChI is InChI=1S/C14H26O3/c1-5-7-13(9-11(3)15-13)17-14(8-6-2)10-12(4)16-14/h11-12H,5-10H2,1-4H3. The van der Waals surface area contributed by atoms with Crippen LogP contribution in [0.4, 0.5) is 0 Å². The molecule has 0 amide bonds. The zero-order valence-electron chi connectivity index (χ0n) is 11.6. The second-order valence-corrected chi connectivity index (χ2v) is 5.69. The number of ether oxygens (including phenoxy) is 3. The summed E-state index contributed by atoms with van der Waals surface area (Å²) >= 11 is 0. The highest BCUT2D eigenvalue weighted by Gasteiger charge is 2.54. The molecule has 2 aliphatic rings. The van der Waals surface area contributed by atoms with E-state index in [0.29, 0.717) is 12.2 Å². The first-order valence-corrected chi connectivity index (χ1v) is 7.09. The van der Waals surface area contributed by atoms with Crippen molar-refractivity contribution in [1.29, 1.82) is 0 Å². The Morgan fingerprint density at radius 2 is 1.29 bits per heavy atom. The summed E-state index contributed by atoms with van der Waals surface area (Å²) in [4.78, 5) is 0. The van der Waals surface area contributed by atoms with Crippen LogP contribution in [0.15, 0.2) is 0 Å². The Bertz CT molecular complexity index is 215. The third-order valence-corrected chi connectivity index (χ3v) is 3.66. The maximum atomic E-state index is 6.27. The maximum Gasteiger partial charge on any atom is 0.174 e. The van der Waals surface area contributed by atoms with Crippen LogP contribution < -0.4 is 0 Å². The van der Waals surface area contributed by atoms with Crippen molar-refractivity contribution in [1.82, 2.24) is 0 Å². The second-order valence-electron chi connectivity index (χ2n) is 5.69. The van der Waals surface area contributed by atoms with Crippen LogP contribution in [-0.2, 0) is 14.2 Å². The molecule has 2 rings (SSSR count). The van der Waals surface area contributed by atoms with E-state index in [9.17, 15) is 0 Å². The molecule has 17 heavy (non-hydrogen) atoms. The Morgan fingerprint density at radius 3 is 1.53 bits per heavy atom. The monoisotopic (exact) mass is 242 g/mol. The summed E-state index contributed by atoms with van der Waals surface area (Å²) in [6.45, 7) is 8.56. The van der Waals surface area contributed by atoms with Gasteiger partial charge in [-0.15, -0.1) is 0 Å². The van der Waals surface area contributed by atoms with Crippen LogP contribution in [0, 0.1) is 0 Å². The molecule has 3 nitrogen and oxygen atoms in total. The smallest absolute Gasteiger partial charge is 0.174 e. The summed E-state index contributed by atoms with van der Waals surface area (Å²) in [6.07, 6.45) is 6.79. The van der Waals surface area contributed by atoms with E-state index in [1.54, 1.807) is 0 Å². The first-order valence-electron chi connectivity index (χ1n) is 7.09. The van der Waals surface area contributed by atoms with Gasteiger partial charge in [-0.1, -0.05) is 26.7 Å². The molecule has 4 atom stereocenters. The van der Waals surface area contributed by atoms with Crippen LogP contribution in [0.25, 0.3) is 0 Å². The van der Waals surface area contributed by atoms with Gasteiger partial charge < -0.3 is 14.2 Å². The first-order chi connectivity index (χ1) is 8.03. The van der Waals surface area contributed by atoms with Gasteiger partial charge in [-0.3, -0.25) is 0 Å². The zero-order valence-corrected chi connectivity index (χ0v) is 11.6. The Hall–Kier alpha value is -0.120. The van der Waals surface area contributed by atoms with Crippen molar-refractivity contribution in [2.45, 2.75) is 90.0 Å². The van der Waals surface area contributed by atoms with E-state index in [-0.39, 0.29) is 11.6 Å². The van der Waals surface area contributed by atoms with E-state index in [1.165, 1.54) is 0 Å². The molecule has 2 heterocycles. The highest BCUT2D eigenvalue weighted by molar-refractivity contribution is 4.91. The lowest BCUT2D eigenvalue weighted by Crippen LogP contribution is -2.61. The molecule has 0 aromatic heterocycles. The molecule has 100 valence electrons. The lowest BCUT2D eigenvalue weighted by Gasteiger charge is -2.55. The van der Waals surface area contributed by atoms with Gasteiger partial charge in [0.2, 0.25) is 0 Å². The van der Waals surface area contributed by atoms with Crippen molar-refractivity contribution in [3.63, 3.8) is 0 Å². The molecule has 0 aromatic rings. The van der Waals surface area contributed by atoms with E-state index in [4.69, 9.17) is 14.2 Å². The molecule has 0 spiro atoms. The number of rotatable bonds is 6. The van der Waals surface area contributed by atoms with E-state index in [0.717, 1.165) is 38.5 Å². The summed E-state index contributed by atoms with van der Waals surface area (Å²) in [5.41, 5.74) is 0. The van der Waals surface area contributed by atoms with Gasteiger partial charge in [0, 0.05) is 25.7 Å². The highest BCUT2D eigenvalue weighted by Crippen LogP contribution is 2.47. The van der Waals surface area contributed by atoms with Crippen molar-refractivity contribution in [3.8, 4) is 0 Å². The van der Waals surface area contributed by atoms with E-state index in [2.05, 4.69) is 27.7 Å². The lowest BCUT2D eigenvalue weighted by molar-refractivity contribution is -0.456. The minimum atomic E-state index is -0.358. The average Bonchev–Trinajstić information content (AvgIpc) is 2.14. The second kappa shape index (κ2) is 4.87. The number of hydrogen-bond donors (Lipinski definition) is 0. The van der Waals surface area contributed by atoms with Gasteiger partial charge in [-0.05, 0) is 13.8 Å². The average molecular weight is 242 g/mol. The van der Waals surface area contributed by atoms with Gasteiger partial charge in [-0.2, -0.15) is 0 Å². The molecule has 3 heteroatoms. The molecule has 0 saturated carbocycles.